The van der Waals surface area contributed by atoms with Crippen molar-refractivity contribution in [3.63, 3.8) is 0 Å². The molecule has 1 aliphatic carbocycles. The molecule has 6 heteroatoms. The van der Waals surface area contributed by atoms with Crippen LogP contribution in [0.15, 0.2) is 30.3 Å². The molecule has 1 N–H and O–H groups in total. The molecule has 0 fully saturated rings. The van der Waals surface area contributed by atoms with E-state index in [0.717, 1.165) is 36.3 Å². The first-order valence-electron chi connectivity index (χ1n) is 9.15. The van der Waals surface area contributed by atoms with Crippen molar-refractivity contribution in [2.75, 3.05) is 27.4 Å². The molecule has 0 bridgehead atoms. The number of benzene rings is 2. The molecule has 2 aromatic carbocycles. The van der Waals surface area contributed by atoms with Crippen molar-refractivity contribution in [2.24, 2.45) is 0 Å². The average molecular weight is 369 g/mol. The summed E-state index contributed by atoms with van der Waals surface area (Å²) in [4.78, 5) is 13.0. The summed E-state index contributed by atoms with van der Waals surface area (Å²) >= 11 is 0. The number of ether oxygens (including phenoxy) is 4. The van der Waals surface area contributed by atoms with Gasteiger partial charge in [-0.15, -0.1) is 0 Å². The zero-order valence-corrected chi connectivity index (χ0v) is 15.5. The van der Waals surface area contributed by atoms with Crippen molar-refractivity contribution >= 4 is 5.91 Å². The molecule has 0 saturated heterocycles. The molecule has 0 spiro atoms. The Bertz CT molecular complexity index is 842. The average Bonchev–Trinajstić information content (AvgIpc) is 2.71. The minimum Gasteiger partial charge on any atom is -0.496 e. The molecule has 0 saturated carbocycles. The maximum Gasteiger partial charge on any atom is 0.259 e. The molecule has 4 rings (SSSR count). The van der Waals surface area contributed by atoms with Crippen LogP contribution in [0.5, 0.6) is 23.0 Å². The number of hydrogen-bond donors (Lipinski definition) is 1. The van der Waals surface area contributed by atoms with Crippen molar-refractivity contribution in [3.05, 3.63) is 47.0 Å². The molecule has 27 heavy (non-hydrogen) atoms. The van der Waals surface area contributed by atoms with Gasteiger partial charge in [-0.1, -0.05) is 6.07 Å². The van der Waals surface area contributed by atoms with Crippen molar-refractivity contribution in [1.29, 1.82) is 0 Å². The van der Waals surface area contributed by atoms with Crippen molar-refractivity contribution < 1.29 is 23.7 Å². The van der Waals surface area contributed by atoms with Gasteiger partial charge in [0.05, 0.1) is 20.3 Å². The normalized spacial score (nSPS) is 17.6. The lowest BCUT2D eigenvalue weighted by atomic mass is 9.87. The van der Waals surface area contributed by atoms with Gasteiger partial charge in [0.2, 0.25) is 0 Å². The number of aryl methyl sites for hydroxylation is 1. The summed E-state index contributed by atoms with van der Waals surface area (Å²) in [6, 6.07) is 9.28. The number of carbonyl (C=O) groups excluding carboxylic acids is 1. The standard InChI is InChI=1S/C21H23NO5/c1-24-16-7-4-8-17(25-2)20(16)21(23)22-15-6-3-5-13-11-18-19(12-14(13)15)27-10-9-26-18/h4,7-8,11-12,15H,3,5-6,9-10H2,1-2H3,(H,22,23). The third kappa shape index (κ3) is 3.27. The van der Waals surface area contributed by atoms with Gasteiger partial charge in [0.25, 0.3) is 5.91 Å². The van der Waals surface area contributed by atoms with Gasteiger partial charge >= 0.3 is 0 Å². The van der Waals surface area contributed by atoms with Gasteiger partial charge < -0.3 is 24.3 Å². The van der Waals surface area contributed by atoms with Crippen LogP contribution in [0.2, 0.25) is 0 Å². The number of nitrogens with one attached hydrogen (secondary N) is 1. The predicted octanol–water partition coefficient (Wildman–Crippen LogP) is 3.28. The second-order valence-corrected chi connectivity index (χ2v) is 6.65. The van der Waals surface area contributed by atoms with Gasteiger partial charge in [-0.2, -0.15) is 0 Å². The van der Waals surface area contributed by atoms with Crippen molar-refractivity contribution in [2.45, 2.75) is 25.3 Å². The zero-order valence-electron chi connectivity index (χ0n) is 15.5. The quantitative estimate of drug-likeness (QED) is 0.896. The molecular weight excluding hydrogens is 346 g/mol. The van der Waals surface area contributed by atoms with E-state index in [-0.39, 0.29) is 11.9 Å². The summed E-state index contributed by atoms with van der Waals surface area (Å²) in [6.45, 7) is 1.11. The van der Waals surface area contributed by atoms with E-state index in [1.54, 1.807) is 32.4 Å². The highest BCUT2D eigenvalue weighted by molar-refractivity contribution is 6.00. The van der Waals surface area contributed by atoms with E-state index < -0.39 is 0 Å². The van der Waals surface area contributed by atoms with Crippen LogP contribution in [0.1, 0.15) is 40.4 Å². The fraction of sp³-hybridized carbons (Fsp3) is 0.381. The molecule has 2 aromatic rings. The van der Waals surface area contributed by atoms with Crippen molar-refractivity contribution in [3.8, 4) is 23.0 Å². The second-order valence-electron chi connectivity index (χ2n) is 6.65. The Kier molecular flexibility index (Phi) is 4.79. The largest absolute Gasteiger partial charge is 0.496 e. The fourth-order valence-corrected chi connectivity index (χ4v) is 3.79. The van der Waals surface area contributed by atoms with Crippen LogP contribution < -0.4 is 24.3 Å². The molecule has 1 amide bonds. The van der Waals surface area contributed by atoms with Crippen LogP contribution in [-0.4, -0.2) is 33.3 Å². The highest BCUT2D eigenvalue weighted by atomic mass is 16.6. The molecule has 1 aliphatic heterocycles. The minimum atomic E-state index is -0.211. The third-order valence-corrected chi connectivity index (χ3v) is 5.08. The minimum absolute atomic E-state index is 0.0910. The van der Waals surface area contributed by atoms with Gasteiger partial charge in [0.1, 0.15) is 30.3 Å². The number of fused-ring (bicyclic) bond motifs is 2. The van der Waals surface area contributed by atoms with E-state index >= 15 is 0 Å². The summed E-state index contributed by atoms with van der Waals surface area (Å²) in [5, 5.41) is 3.15. The first kappa shape index (κ1) is 17.5. The lowest BCUT2D eigenvalue weighted by Gasteiger charge is -2.29. The summed E-state index contributed by atoms with van der Waals surface area (Å²) in [6.07, 6.45) is 2.84. The Balaban J connectivity index is 1.64. The van der Waals surface area contributed by atoms with E-state index in [1.165, 1.54) is 5.56 Å². The summed E-state index contributed by atoms with van der Waals surface area (Å²) < 4.78 is 22.1. The number of amides is 1. The fourth-order valence-electron chi connectivity index (χ4n) is 3.79. The van der Waals surface area contributed by atoms with Gasteiger partial charge in [0.15, 0.2) is 11.5 Å². The maximum absolute atomic E-state index is 13.0. The summed E-state index contributed by atoms with van der Waals surface area (Å²) in [5.74, 6) is 2.31. The van der Waals surface area contributed by atoms with Gasteiger partial charge in [-0.25, -0.2) is 0 Å². The van der Waals surface area contributed by atoms with Crippen LogP contribution >= 0.6 is 0 Å². The van der Waals surface area contributed by atoms with Crippen LogP contribution in [0.25, 0.3) is 0 Å². The van der Waals surface area contributed by atoms with E-state index in [0.29, 0.717) is 30.3 Å². The summed E-state index contributed by atoms with van der Waals surface area (Å²) in [7, 11) is 3.09. The van der Waals surface area contributed by atoms with Gasteiger partial charge in [-0.05, 0) is 54.7 Å². The molecule has 6 nitrogen and oxygen atoms in total. The van der Waals surface area contributed by atoms with E-state index in [9.17, 15) is 4.79 Å². The molecule has 1 atom stereocenters. The lowest BCUT2D eigenvalue weighted by Crippen LogP contribution is -2.31. The van der Waals surface area contributed by atoms with Crippen LogP contribution in [0.4, 0.5) is 0 Å². The lowest BCUT2D eigenvalue weighted by molar-refractivity contribution is 0.0926. The Morgan fingerprint density at radius 1 is 1.07 bits per heavy atom. The molecule has 1 unspecified atom stereocenters. The Labute approximate surface area is 158 Å². The Morgan fingerprint density at radius 3 is 2.41 bits per heavy atom. The van der Waals surface area contributed by atoms with E-state index in [4.69, 9.17) is 18.9 Å². The number of methoxy groups -OCH3 is 2. The smallest absolute Gasteiger partial charge is 0.259 e. The molecule has 142 valence electrons. The van der Waals surface area contributed by atoms with Gasteiger partial charge in [-0.3, -0.25) is 4.79 Å². The van der Waals surface area contributed by atoms with Crippen LogP contribution in [0.3, 0.4) is 0 Å². The van der Waals surface area contributed by atoms with Crippen LogP contribution in [0, 0.1) is 0 Å². The topological polar surface area (TPSA) is 66.0 Å². The van der Waals surface area contributed by atoms with Crippen LogP contribution in [-0.2, 0) is 6.42 Å². The second kappa shape index (κ2) is 7.39. The predicted molar refractivity (Wildman–Crippen MR) is 100 cm³/mol. The Hall–Kier alpha value is -2.89. The third-order valence-electron chi connectivity index (χ3n) is 5.08. The van der Waals surface area contributed by atoms with Crippen molar-refractivity contribution in [1.82, 2.24) is 5.32 Å². The zero-order chi connectivity index (χ0) is 18.8. The molecule has 1 heterocycles. The highest BCUT2D eigenvalue weighted by Crippen LogP contribution is 2.40. The molecule has 0 aromatic heterocycles. The first-order valence-corrected chi connectivity index (χ1v) is 9.15. The number of hydrogen-bond acceptors (Lipinski definition) is 5. The first-order chi connectivity index (χ1) is 13.2. The summed E-state index contributed by atoms with van der Waals surface area (Å²) in [5.41, 5.74) is 2.70. The Morgan fingerprint density at radius 2 is 1.74 bits per heavy atom. The molecular formula is C21H23NO5. The molecule has 0 radical (unpaired) electrons. The van der Waals surface area contributed by atoms with E-state index in [1.807, 2.05) is 12.1 Å². The highest BCUT2D eigenvalue weighted by Gasteiger charge is 2.27. The number of rotatable bonds is 4. The monoisotopic (exact) mass is 369 g/mol. The van der Waals surface area contributed by atoms with E-state index in [2.05, 4.69) is 5.32 Å². The maximum atomic E-state index is 13.0. The van der Waals surface area contributed by atoms with Gasteiger partial charge in [0, 0.05) is 0 Å². The SMILES string of the molecule is COc1cccc(OC)c1C(=O)NC1CCCc2cc3c(cc21)OCCO3. The number of carbonyl (C=O) groups is 1. The molecule has 2 aliphatic rings.